The van der Waals surface area contributed by atoms with Crippen LogP contribution in [0, 0.1) is 30.3 Å². The van der Waals surface area contributed by atoms with E-state index in [1.807, 2.05) is 0 Å². The molecule has 6 aromatic carbocycles. The molecule has 0 saturated carbocycles. The summed E-state index contributed by atoms with van der Waals surface area (Å²) < 4.78 is 11.6. The molecule has 0 radical (unpaired) electrons. The Morgan fingerprint density at radius 3 is 1.05 bits per heavy atom. The van der Waals surface area contributed by atoms with Crippen molar-refractivity contribution in [2.45, 2.75) is 0 Å². The van der Waals surface area contributed by atoms with Crippen LogP contribution in [-0.2, 0) is 0 Å². The highest BCUT2D eigenvalue weighted by Crippen LogP contribution is 2.48. The summed E-state index contributed by atoms with van der Waals surface area (Å²) >= 11 is 55.4. The molecule has 11 nitrogen and oxygen atoms in total. The van der Waals surface area contributed by atoms with Crippen LogP contribution in [0.2, 0.25) is 45.2 Å². The van der Waals surface area contributed by atoms with E-state index in [0.717, 1.165) is 0 Å². The molecule has 0 bridgehead atoms. The average molecular weight is 938 g/mol. The van der Waals surface area contributed by atoms with Crippen molar-refractivity contribution in [2.75, 3.05) is 0 Å². The highest BCUT2D eigenvalue weighted by molar-refractivity contribution is 6.43. The van der Waals surface area contributed by atoms with E-state index in [4.69, 9.17) is 114 Å². The number of halogens is 9. The van der Waals surface area contributed by atoms with Crippen LogP contribution in [0.1, 0.15) is 0 Å². The largest absolute Gasteiger partial charge is 0.456 e. The van der Waals surface area contributed by atoms with Gasteiger partial charge in [-0.05, 0) is 60.7 Å². The van der Waals surface area contributed by atoms with Crippen molar-refractivity contribution in [2.24, 2.45) is 0 Å². The molecule has 0 fully saturated rings. The first-order valence-electron chi connectivity index (χ1n) is 15.0. The number of ether oxygens (including phenoxy) is 2. The van der Waals surface area contributed by atoms with Gasteiger partial charge in [-0.3, -0.25) is 30.3 Å². The van der Waals surface area contributed by atoms with Crippen molar-refractivity contribution < 1.29 is 24.2 Å². The van der Waals surface area contributed by atoms with Crippen LogP contribution in [0.25, 0.3) is 22.3 Å². The Morgan fingerprint density at radius 2 is 0.714 bits per heavy atom. The molecule has 6 aromatic rings. The fourth-order valence-electron chi connectivity index (χ4n) is 4.93. The van der Waals surface area contributed by atoms with E-state index in [2.05, 4.69) is 0 Å². The summed E-state index contributed by atoms with van der Waals surface area (Å²) in [6, 6.07) is 21.9. The third-order valence-electron chi connectivity index (χ3n) is 7.35. The van der Waals surface area contributed by atoms with Crippen LogP contribution in [0.4, 0.5) is 17.1 Å². The molecule has 0 N–H and O–H groups in total. The Kier molecular flexibility index (Phi) is 14.0. The van der Waals surface area contributed by atoms with Crippen molar-refractivity contribution in [3.63, 3.8) is 0 Å². The molecule has 6 rings (SSSR count). The number of nitrogens with zero attached hydrogens (tertiary/aromatic N) is 3. The maximum absolute atomic E-state index is 11.5. The zero-order valence-corrected chi connectivity index (χ0v) is 34.1. The van der Waals surface area contributed by atoms with Crippen molar-refractivity contribution in [3.05, 3.63) is 173 Å². The standard InChI is InChI=1S/C24H10Cl6N2O5.C12H6Cl3NO3/c25-11-5-17(27)23(18(28)6-11)15-9-13(31(33)34)1-3-21(15)37-22-4-2-14(32(35)36)10-16(22)24-19(29)7-12(26)8-20(24)30;13-7-5-10(14)12(11(15)6-7)19-9-3-1-8(2-4-9)16(17)18/h1-10H;1-6H. The molecule has 0 heterocycles. The van der Waals surface area contributed by atoms with Gasteiger partial charge in [-0.1, -0.05) is 104 Å². The number of hydrogen-bond donors (Lipinski definition) is 0. The van der Waals surface area contributed by atoms with Gasteiger partial charge in [0.15, 0.2) is 5.75 Å². The zero-order valence-electron chi connectivity index (χ0n) is 27.2. The Hall–Kier alpha value is -4.27. The Bertz CT molecular complexity index is 2350. The number of nitro benzene ring substituents is 3. The summed E-state index contributed by atoms with van der Waals surface area (Å²) in [7, 11) is 0. The first kappa shape index (κ1) is 42.9. The molecular formula is C36H16Cl9N3O8. The van der Waals surface area contributed by atoms with Gasteiger partial charge in [0.25, 0.3) is 17.1 Å². The Labute approximate surface area is 361 Å². The highest BCUT2D eigenvalue weighted by Gasteiger charge is 2.23. The van der Waals surface area contributed by atoms with Crippen LogP contribution >= 0.6 is 104 Å². The van der Waals surface area contributed by atoms with E-state index in [0.29, 0.717) is 10.8 Å². The van der Waals surface area contributed by atoms with Gasteiger partial charge in [-0.25, -0.2) is 0 Å². The number of non-ortho nitro benzene ring substituents is 3. The quantitative estimate of drug-likeness (QED) is 0.103. The first-order valence-corrected chi connectivity index (χ1v) is 18.4. The highest BCUT2D eigenvalue weighted by atomic mass is 35.5. The maximum Gasteiger partial charge on any atom is 0.270 e. The SMILES string of the molecule is O=[N+]([O-])c1ccc(Oc2c(Cl)cc(Cl)cc2Cl)cc1.O=[N+]([O-])c1ccc(Oc2ccc([N+](=O)[O-])cc2-c2c(Cl)cc(Cl)cc2Cl)c(-c2c(Cl)cc(Cl)cc2Cl)c1. The molecule has 0 amide bonds. The smallest absolute Gasteiger partial charge is 0.270 e. The third-order valence-corrected chi connectivity index (χ3v) is 9.76. The molecule has 0 spiro atoms. The predicted octanol–water partition coefficient (Wildman–Crippen LogP) is 15.9. The van der Waals surface area contributed by atoms with Gasteiger partial charge in [-0.15, -0.1) is 0 Å². The number of nitro groups is 3. The second-order valence-corrected chi connectivity index (χ2v) is 14.8. The van der Waals surface area contributed by atoms with Gasteiger partial charge in [0.2, 0.25) is 0 Å². The van der Waals surface area contributed by atoms with Gasteiger partial charge in [-0.2, -0.15) is 0 Å². The van der Waals surface area contributed by atoms with E-state index in [9.17, 15) is 30.3 Å². The summed E-state index contributed by atoms with van der Waals surface area (Å²) in [5.41, 5.74) is 0.293. The van der Waals surface area contributed by atoms with Gasteiger partial charge >= 0.3 is 0 Å². The molecule has 0 aliphatic carbocycles. The van der Waals surface area contributed by atoms with Crippen molar-refractivity contribution in [3.8, 4) is 45.3 Å². The topological polar surface area (TPSA) is 148 Å². The molecule has 286 valence electrons. The summed E-state index contributed by atoms with van der Waals surface area (Å²) in [4.78, 5) is 31.8. The zero-order chi connectivity index (χ0) is 41.0. The van der Waals surface area contributed by atoms with Gasteiger partial charge in [0, 0.05) is 73.7 Å². The summed E-state index contributed by atoms with van der Waals surface area (Å²) in [5, 5.41) is 35.4. The summed E-state index contributed by atoms with van der Waals surface area (Å²) in [6.45, 7) is 0. The van der Waals surface area contributed by atoms with E-state index >= 15 is 0 Å². The van der Waals surface area contributed by atoms with Gasteiger partial charge in [0.1, 0.15) is 17.2 Å². The second-order valence-electron chi connectivity index (χ2n) is 11.0. The minimum atomic E-state index is -0.588. The molecule has 0 atom stereocenters. The number of rotatable bonds is 9. The van der Waals surface area contributed by atoms with Crippen LogP contribution in [0.5, 0.6) is 23.0 Å². The minimum absolute atomic E-state index is 0.0272. The molecule has 20 heteroatoms. The Morgan fingerprint density at radius 1 is 0.393 bits per heavy atom. The normalized spacial score (nSPS) is 10.7. The van der Waals surface area contributed by atoms with Crippen LogP contribution in [0.3, 0.4) is 0 Å². The fourth-order valence-corrected chi connectivity index (χ4v) is 7.86. The maximum atomic E-state index is 11.5. The second kappa shape index (κ2) is 18.3. The summed E-state index contributed by atoms with van der Waals surface area (Å²) in [6.07, 6.45) is 0. The first-order chi connectivity index (χ1) is 26.4. The van der Waals surface area contributed by atoms with E-state index in [1.54, 1.807) is 0 Å². The fraction of sp³-hybridized carbons (Fsp3) is 0. The molecule has 0 aliphatic rings. The lowest BCUT2D eigenvalue weighted by atomic mass is 10.0. The molecule has 0 aliphatic heterocycles. The minimum Gasteiger partial charge on any atom is -0.456 e. The number of benzene rings is 6. The van der Waals surface area contributed by atoms with E-state index < -0.39 is 14.8 Å². The molecule has 0 unspecified atom stereocenters. The monoisotopic (exact) mass is 933 g/mol. The number of hydrogen-bond acceptors (Lipinski definition) is 8. The van der Waals surface area contributed by atoms with Crippen molar-refractivity contribution in [1.82, 2.24) is 0 Å². The van der Waals surface area contributed by atoms with Crippen LogP contribution < -0.4 is 9.47 Å². The van der Waals surface area contributed by atoms with Crippen LogP contribution in [0.15, 0.2) is 97.1 Å². The lowest BCUT2D eigenvalue weighted by molar-refractivity contribution is -0.385. The average Bonchev–Trinajstić information content (AvgIpc) is 3.10. The van der Waals surface area contributed by atoms with Crippen LogP contribution in [-0.4, -0.2) is 14.8 Å². The van der Waals surface area contributed by atoms with Gasteiger partial charge in [0.05, 0.1) is 44.9 Å². The van der Waals surface area contributed by atoms with E-state index in [-0.39, 0.29) is 96.7 Å². The molecular weight excluding hydrogens is 921 g/mol. The lowest BCUT2D eigenvalue weighted by Crippen LogP contribution is -1.97. The van der Waals surface area contributed by atoms with Crippen molar-refractivity contribution in [1.29, 1.82) is 0 Å². The van der Waals surface area contributed by atoms with Gasteiger partial charge < -0.3 is 9.47 Å². The molecule has 0 aromatic heterocycles. The third kappa shape index (κ3) is 10.2. The predicted molar refractivity (Wildman–Crippen MR) is 222 cm³/mol. The Balaban J connectivity index is 0.000000265. The lowest BCUT2D eigenvalue weighted by Gasteiger charge is -2.17. The molecule has 56 heavy (non-hydrogen) atoms. The molecule has 0 saturated heterocycles. The summed E-state index contributed by atoms with van der Waals surface area (Å²) in [5.74, 6) is 0.847. The van der Waals surface area contributed by atoms with Crippen molar-refractivity contribution >= 4 is 121 Å². The van der Waals surface area contributed by atoms with E-state index in [1.165, 1.54) is 97.1 Å².